The molecule has 0 aliphatic carbocycles. The number of hydroxylamine groups is 1. The van der Waals surface area contributed by atoms with Crippen LogP contribution >= 0.6 is 0 Å². The lowest BCUT2D eigenvalue weighted by molar-refractivity contribution is -0.146. The Morgan fingerprint density at radius 3 is 2.50 bits per heavy atom. The zero-order valence-electron chi connectivity index (χ0n) is 14.0. The smallest absolute Gasteiger partial charge is 0.310 e. The number of hydrogen-bond acceptors (Lipinski definition) is 5. The van der Waals surface area contributed by atoms with Gasteiger partial charge in [0.25, 0.3) is 0 Å². The molecule has 0 saturated carbocycles. The Labute approximate surface area is 142 Å². The van der Waals surface area contributed by atoms with E-state index < -0.39 is 0 Å². The summed E-state index contributed by atoms with van der Waals surface area (Å²) in [7, 11) is 3.02. The first-order chi connectivity index (χ1) is 11.7. The van der Waals surface area contributed by atoms with Crippen LogP contribution in [0.4, 0.5) is 0 Å². The molecule has 2 aromatic carbocycles. The van der Waals surface area contributed by atoms with Gasteiger partial charge in [0.2, 0.25) is 0 Å². The van der Waals surface area contributed by atoms with Crippen molar-refractivity contribution in [1.29, 1.82) is 0 Å². The Morgan fingerprint density at radius 2 is 1.79 bits per heavy atom. The highest BCUT2D eigenvalue weighted by atomic mass is 16.6. The molecular formula is C19H23NO4. The second-order valence-corrected chi connectivity index (χ2v) is 5.40. The molecule has 0 fully saturated rings. The zero-order chi connectivity index (χ0) is 17.2. The lowest BCUT2D eigenvalue weighted by Gasteiger charge is -2.16. The Hall–Kier alpha value is -2.37. The summed E-state index contributed by atoms with van der Waals surface area (Å²) in [6.07, 6.45) is 0.547. The van der Waals surface area contributed by atoms with Crippen LogP contribution in [0.5, 0.6) is 5.75 Å². The minimum absolute atomic E-state index is 0.270. The van der Waals surface area contributed by atoms with Gasteiger partial charge in [-0.2, -0.15) is 0 Å². The molecule has 0 spiro atoms. The van der Waals surface area contributed by atoms with Crippen LogP contribution in [0.25, 0.3) is 0 Å². The van der Waals surface area contributed by atoms with Crippen molar-refractivity contribution in [3.8, 4) is 5.75 Å². The molecule has 2 rings (SSSR count). The van der Waals surface area contributed by atoms with Crippen molar-refractivity contribution in [2.45, 2.75) is 13.0 Å². The van der Waals surface area contributed by atoms with E-state index in [4.69, 9.17) is 14.3 Å². The normalized spacial score (nSPS) is 11.8. The van der Waals surface area contributed by atoms with E-state index in [0.29, 0.717) is 19.6 Å². The van der Waals surface area contributed by atoms with Crippen molar-refractivity contribution in [2.24, 2.45) is 5.92 Å². The molecule has 5 nitrogen and oxygen atoms in total. The van der Waals surface area contributed by atoms with Crippen LogP contribution in [-0.2, 0) is 27.4 Å². The van der Waals surface area contributed by atoms with E-state index in [-0.39, 0.29) is 11.9 Å². The maximum Gasteiger partial charge on any atom is 0.310 e. The van der Waals surface area contributed by atoms with Crippen molar-refractivity contribution >= 4 is 5.97 Å². The van der Waals surface area contributed by atoms with E-state index in [2.05, 4.69) is 5.48 Å². The fourth-order valence-electron chi connectivity index (χ4n) is 2.36. The van der Waals surface area contributed by atoms with Gasteiger partial charge in [-0.25, -0.2) is 5.48 Å². The molecule has 1 unspecified atom stereocenters. The van der Waals surface area contributed by atoms with Crippen LogP contribution in [0.1, 0.15) is 11.1 Å². The average molecular weight is 329 g/mol. The first-order valence-corrected chi connectivity index (χ1v) is 7.82. The Kier molecular flexibility index (Phi) is 7.26. The molecule has 0 bridgehead atoms. The molecular weight excluding hydrogens is 306 g/mol. The lowest BCUT2D eigenvalue weighted by Crippen LogP contribution is -2.31. The Bertz CT molecular complexity index is 630. The van der Waals surface area contributed by atoms with E-state index in [0.717, 1.165) is 16.9 Å². The minimum atomic E-state index is -0.335. The number of methoxy groups -OCH3 is 2. The van der Waals surface area contributed by atoms with E-state index in [1.807, 2.05) is 54.6 Å². The SMILES string of the molecule is COC(=O)C(CNOCc1ccccc1)Cc1cccc(OC)c1. The van der Waals surface area contributed by atoms with Gasteiger partial charge < -0.3 is 9.47 Å². The summed E-state index contributed by atoms with van der Waals surface area (Å²) in [6, 6.07) is 17.5. The third-order valence-corrected chi connectivity index (χ3v) is 3.66. The molecule has 0 saturated heterocycles. The number of carbonyl (C=O) groups excluding carboxylic acids is 1. The molecule has 0 aromatic heterocycles. The minimum Gasteiger partial charge on any atom is -0.497 e. The van der Waals surface area contributed by atoms with Crippen molar-refractivity contribution in [3.63, 3.8) is 0 Å². The predicted octanol–water partition coefficient (Wildman–Crippen LogP) is 2.75. The van der Waals surface area contributed by atoms with Crippen molar-refractivity contribution < 1.29 is 19.1 Å². The highest BCUT2D eigenvalue weighted by molar-refractivity contribution is 5.73. The predicted molar refractivity (Wildman–Crippen MR) is 91.4 cm³/mol. The summed E-state index contributed by atoms with van der Waals surface area (Å²) in [6.45, 7) is 0.810. The molecule has 0 amide bonds. The van der Waals surface area contributed by atoms with Gasteiger partial charge in [0, 0.05) is 6.54 Å². The number of rotatable bonds is 9. The Morgan fingerprint density at radius 1 is 1.04 bits per heavy atom. The van der Waals surface area contributed by atoms with Gasteiger partial charge in [0.1, 0.15) is 5.75 Å². The first kappa shape index (κ1) is 18.0. The highest BCUT2D eigenvalue weighted by Gasteiger charge is 2.20. The molecule has 1 atom stereocenters. The van der Waals surface area contributed by atoms with Crippen molar-refractivity contribution in [2.75, 3.05) is 20.8 Å². The molecule has 0 aliphatic heterocycles. The van der Waals surface area contributed by atoms with Crippen LogP contribution in [0.15, 0.2) is 54.6 Å². The summed E-state index contributed by atoms with van der Waals surface area (Å²) in [5.41, 5.74) is 4.94. The topological polar surface area (TPSA) is 56.8 Å². The lowest BCUT2D eigenvalue weighted by atomic mass is 9.99. The maximum atomic E-state index is 12.0. The van der Waals surface area contributed by atoms with Crippen LogP contribution in [0.2, 0.25) is 0 Å². The van der Waals surface area contributed by atoms with Gasteiger partial charge in [-0.05, 0) is 29.7 Å². The number of carbonyl (C=O) groups is 1. The third-order valence-electron chi connectivity index (χ3n) is 3.66. The number of esters is 1. The first-order valence-electron chi connectivity index (χ1n) is 7.82. The molecule has 0 aliphatic rings. The summed E-state index contributed by atoms with van der Waals surface area (Å²) >= 11 is 0. The second-order valence-electron chi connectivity index (χ2n) is 5.40. The molecule has 0 radical (unpaired) electrons. The Balaban J connectivity index is 1.87. The molecule has 5 heteroatoms. The van der Waals surface area contributed by atoms with Gasteiger partial charge in [-0.3, -0.25) is 9.63 Å². The molecule has 2 aromatic rings. The second kappa shape index (κ2) is 9.70. The summed E-state index contributed by atoms with van der Waals surface area (Å²) in [4.78, 5) is 17.4. The molecule has 24 heavy (non-hydrogen) atoms. The maximum absolute atomic E-state index is 12.0. The van der Waals surface area contributed by atoms with Crippen molar-refractivity contribution in [1.82, 2.24) is 5.48 Å². The number of hydrogen-bond donors (Lipinski definition) is 1. The molecule has 1 N–H and O–H groups in total. The number of benzene rings is 2. The van der Waals surface area contributed by atoms with Crippen molar-refractivity contribution in [3.05, 3.63) is 65.7 Å². The summed E-state index contributed by atoms with van der Waals surface area (Å²) in [5.74, 6) is 0.163. The van der Waals surface area contributed by atoms with Gasteiger partial charge in [-0.15, -0.1) is 0 Å². The molecule has 128 valence electrons. The van der Waals surface area contributed by atoms with E-state index in [9.17, 15) is 4.79 Å². The molecule has 0 heterocycles. The van der Waals surface area contributed by atoms with Crippen LogP contribution in [-0.4, -0.2) is 26.7 Å². The monoisotopic (exact) mass is 329 g/mol. The quantitative estimate of drug-likeness (QED) is 0.435. The largest absolute Gasteiger partial charge is 0.497 e. The standard InChI is InChI=1S/C19H23NO4/c1-22-18-10-6-9-16(12-18)11-17(19(21)23-2)13-20-24-14-15-7-4-3-5-8-15/h3-10,12,17,20H,11,13-14H2,1-2H3. The van der Waals surface area contributed by atoms with Crippen LogP contribution in [0, 0.1) is 5.92 Å². The fraction of sp³-hybridized carbons (Fsp3) is 0.316. The van der Waals surface area contributed by atoms with E-state index in [1.54, 1.807) is 7.11 Å². The van der Waals surface area contributed by atoms with Crippen LogP contribution in [0.3, 0.4) is 0 Å². The number of nitrogens with one attached hydrogen (secondary N) is 1. The van der Waals surface area contributed by atoms with Gasteiger partial charge in [-0.1, -0.05) is 42.5 Å². The third kappa shape index (κ3) is 5.68. The summed E-state index contributed by atoms with van der Waals surface area (Å²) < 4.78 is 10.1. The highest BCUT2D eigenvalue weighted by Crippen LogP contribution is 2.16. The number of ether oxygens (including phenoxy) is 2. The van der Waals surface area contributed by atoms with E-state index >= 15 is 0 Å². The zero-order valence-corrected chi connectivity index (χ0v) is 14.0. The van der Waals surface area contributed by atoms with Gasteiger partial charge in [0.15, 0.2) is 0 Å². The van der Waals surface area contributed by atoms with Gasteiger partial charge in [0.05, 0.1) is 26.7 Å². The van der Waals surface area contributed by atoms with Crippen LogP contribution < -0.4 is 10.2 Å². The van der Waals surface area contributed by atoms with Gasteiger partial charge >= 0.3 is 5.97 Å². The van der Waals surface area contributed by atoms with E-state index in [1.165, 1.54) is 7.11 Å². The summed E-state index contributed by atoms with van der Waals surface area (Å²) in [5, 5.41) is 0. The fourth-order valence-corrected chi connectivity index (χ4v) is 2.36. The average Bonchev–Trinajstić information content (AvgIpc) is 2.64.